The number of halogens is 2. The van der Waals surface area contributed by atoms with Gasteiger partial charge in [-0.2, -0.15) is 0 Å². The largest absolute Gasteiger partial charge is 0.372 e. The Hall–Kier alpha value is -2.82. The summed E-state index contributed by atoms with van der Waals surface area (Å²) in [6.07, 6.45) is 0. The first-order chi connectivity index (χ1) is 14.7. The van der Waals surface area contributed by atoms with Gasteiger partial charge in [-0.25, -0.2) is 4.98 Å². The highest BCUT2D eigenvalue weighted by Crippen LogP contribution is 2.43. The molecule has 1 amide bonds. The van der Waals surface area contributed by atoms with Gasteiger partial charge in [0, 0.05) is 25.7 Å². The van der Waals surface area contributed by atoms with E-state index in [1.165, 1.54) is 13.0 Å². The highest BCUT2D eigenvalue weighted by atomic mass is 35.5. The molecule has 0 saturated carbocycles. The van der Waals surface area contributed by atoms with Crippen LogP contribution in [0, 0.1) is 10.1 Å². The van der Waals surface area contributed by atoms with Crippen LogP contribution in [0.3, 0.4) is 0 Å². The van der Waals surface area contributed by atoms with Crippen LogP contribution >= 0.6 is 34.5 Å². The van der Waals surface area contributed by atoms with E-state index in [0.717, 1.165) is 30.1 Å². The molecule has 0 aliphatic heterocycles. The molecule has 1 aromatic heterocycles. The summed E-state index contributed by atoms with van der Waals surface area (Å²) in [6.45, 7) is 7.14. The van der Waals surface area contributed by atoms with Crippen LogP contribution in [-0.2, 0) is 4.79 Å². The van der Waals surface area contributed by atoms with Crippen LogP contribution in [0.2, 0.25) is 10.0 Å². The van der Waals surface area contributed by atoms with Gasteiger partial charge in [0.15, 0.2) is 0 Å². The van der Waals surface area contributed by atoms with Crippen molar-refractivity contribution in [1.82, 2.24) is 4.98 Å². The second-order valence-corrected chi connectivity index (χ2v) is 8.14. The third-order valence-electron chi connectivity index (χ3n) is 4.38. The van der Waals surface area contributed by atoms with Crippen LogP contribution in [0.15, 0.2) is 34.5 Å². The number of fused-ring (bicyclic) bond motifs is 1. The number of nitro benzene ring substituents is 1. The Kier molecular flexibility index (Phi) is 7.04. The molecule has 3 aromatic rings. The zero-order valence-corrected chi connectivity index (χ0v) is 19.2. The third-order valence-corrected chi connectivity index (χ3v) is 6.13. The molecule has 0 aliphatic rings. The summed E-state index contributed by atoms with van der Waals surface area (Å²) in [7, 11) is 0. The summed E-state index contributed by atoms with van der Waals surface area (Å²) in [4.78, 5) is 28.6. The summed E-state index contributed by atoms with van der Waals surface area (Å²) < 4.78 is 0.394. The van der Waals surface area contributed by atoms with Crippen molar-refractivity contribution in [3.8, 4) is 0 Å². The van der Waals surface area contributed by atoms with E-state index in [1.54, 1.807) is 6.07 Å². The van der Waals surface area contributed by atoms with E-state index in [4.69, 9.17) is 23.2 Å². The molecule has 3 rings (SSSR count). The Morgan fingerprint density at radius 3 is 2.58 bits per heavy atom. The maximum Gasteiger partial charge on any atom is 0.307 e. The van der Waals surface area contributed by atoms with Gasteiger partial charge in [-0.3, -0.25) is 14.9 Å². The molecule has 0 fully saturated rings. The predicted molar refractivity (Wildman–Crippen MR) is 125 cm³/mol. The van der Waals surface area contributed by atoms with Gasteiger partial charge in [-0.05, 0) is 38.1 Å². The molecule has 0 aliphatic carbocycles. The first-order valence-corrected chi connectivity index (χ1v) is 10.8. The molecular formula is C19H18Cl2N6O3S. The summed E-state index contributed by atoms with van der Waals surface area (Å²) in [6, 6.07) is 6.86. The van der Waals surface area contributed by atoms with Crippen LogP contribution in [-0.4, -0.2) is 28.9 Å². The third kappa shape index (κ3) is 4.92. The predicted octanol–water partition coefficient (Wildman–Crippen LogP) is 6.73. The number of aromatic nitrogens is 1. The number of nitro groups is 1. The number of carbonyl (C=O) groups excluding carboxylic acids is 1. The molecule has 0 saturated heterocycles. The SMILES string of the molecule is CCN(CC)c1ccc(N=Nc2nc3cc(Cl)c([N+](=O)[O-])c(Cl)c3s2)c(NC(C)=O)c1. The van der Waals surface area contributed by atoms with Gasteiger partial charge in [-0.1, -0.05) is 34.5 Å². The second kappa shape index (κ2) is 9.54. The van der Waals surface area contributed by atoms with Gasteiger partial charge in [0.25, 0.3) is 0 Å². The van der Waals surface area contributed by atoms with E-state index >= 15 is 0 Å². The molecule has 0 atom stereocenters. The molecule has 0 spiro atoms. The topological polar surface area (TPSA) is 113 Å². The number of carbonyl (C=O) groups is 1. The lowest BCUT2D eigenvalue weighted by atomic mass is 10.2. The average molecular weight is 481 g/mol. The van der Waals surface area contributed by atoms with Crippen LogP contribution in [0.4, 0.5) is 27.9 Å². The molecule has 0 radical (unpaired) electrons. The van der Waals surface area contributed by atoms with Gasteiger partial charge in [0.05, 0.1) is 20.8 Å². The van der Waals surface area contributed by atoms with Crippen molar-refractivity contribution in [1.29, 1.82) is 0 Å². The molecule has 12 heteroatoms. The number of rotatable bonds is 7. The normalized spacial score (nSPS) is 11.3. The smallest absolute Gasteiger partial charge is 0.307 e. The number of azo groups is 1. The van der Waals surface area contributed by atoms with E-state index < -0.39 is 4.92 Å². The van der Waals surface area contributed by atoms with Gasteiger partial charge in [0.2, 0.25) is 11.0 Å². The van der Waals surface area contributed by atoms with Crippen LogP contribution in [0.25, 0.3) is 10.2 Å². The number of hydrogen-bond donors (Lipinski definition) is 1. The molecule has 31 heavy (non-hydrogen) atoms. The quantitative estimate of drug-likeness (QED) is 0.228. The molecular weight excluding hydrogens is 463 g/mol. The number of thiazole rings is 1. The number of hydrogen-bond acceptors (Lipinski definition) is 8. The number of amides is 1. The van der Waals surface area contributed by atoms with E-state index in [1.807, 2.05) is 26.0 Å². The average Bonchev–Trinajstić information content (AvgIpc) is 3.10. The van der Waals surface area contributed by atoms with E-state index in [-0.39, 0.29) is 26.8 Å². The monoisotopic (exact) mass is 480 g/mol. The molecule has 162 valence electrons. The summed E-state index contributed by atoms with van der Waals surface area (Å²) >= 11 is 13.2. The zero-order valence-electron chi connectivity index (χ0n) is 16.8. The van der Waals surface area contributed by atoms with Gasteiger partial charge >= 0.3 is 5.69 Å². The minimum Gasteiger partial charge on any atom is -0.372 e. The standard InChI is InChI=1S/C19H18Cl2N6O3S/c1-4-26(5-2)11-6-7-13(14(8-11)22-10(3)28)24-25-19-23-15-9-12(20)17(27(29)30)16(21)18(15)31-19/h6-9H,4-5H2,1-3H3,(H,22,28). The Morgan fingerprint density at radius 1 is 1.26 bits per heavy atom. The van der Waals surface area contributed by atoms with Crippen molar-refractivity contribution in [3.05, 3.63) is 44.4 Å². The maximum atomic E-state index is 11.6. The summed E-state index contributed by atoms with van der Waals surface area (Å²) in [5.41, 5.74) is 1.92. The minimum absolute atomic E-state index is 0.0889. The fourth-order valence-electron chi connectivity index (χ4n) is 2.97. The maximum absolute atomic E-state index is 11.6. The van der Waals surface area contributed by atoms with Crippen LogP contribution in [0.5, 0.6) is 0 Å². The van der Waals surface area contributed by atoms with Crippen molar-refractivity contribution < 1.29 is 9.72 Å². The van der Waals surface area contributed by atoms with Crippen molar-refractivity contribution in [2.75, 3.05) is 23.3 Å². The van der Waals surface area contributed by atoms with Crippen molar-refractivity contribution in [2.45, 2.75) is 20.8 Å². The number of benzene rings is 2. The minimum atomic E-state index is -0.637. The van der Waals surface area contributed by atoms with Gasteiger partial charge in [0.1, 0.15) is 15.7 Å². The highest BCUT2D eigenvalue weighted by Gasteiger charge is 2.23. The summed E-state index contributed by atoms with van der Waals surface area (Å²) in [5, 5.41) is 22.4. The Labute approximate surface area is 191 Å². The Balaban J connectivity index is 2.00. The number of nitrogens with one attached hydrogen (secondary N) is 1. The lowest BCUT2D eigenvalue weighted by molar-refractivity contribution is -0.384. The van der Waals surface area contributed by atoms with Gasteiger partial charge < -0.3 is 10.2 Å². The van der Waals surface area contributed by atoms with Crippen molar-refractivity contribution >= 4 is 78.5 Å². The van der Waals surface area contributed by atoms with Crippen LogP contribution in [0.1, 0.15) is 20.8 Å². The molecule has 0 unspecified atom stereocenters. The van der Waals surface area contributed by atoms with E-state index in [0.29, 0.717) is 21.6 Å². The van der Waals surface area contributed by atoms with Crippen molar-refractivity contribution in [2.24, 2.45) is 10.2 Å². The fraction of sp³-hybridized carbons (Fsp3) is 0.263. The molecule has 0 bridgehead atoms. The Bertz CT molecular complexity index is 1190. The fourth-order valence-corrected chi connectivity index (χ4v) is 4.47. The zero-order chi connectivity index (χ0) is 22.7. The van der Waals surface area contributed by atoms with E-state index in [9.17, 15) is 14.9 Å². The number of anilines is 2. The van der Waals surface area contributed by atoms with Crippen LogP contribution < -0.4 is 10.2 Å². The molecule has 2 aromatic carbocycles. The molecule has 1 N–H and O–H groups in total. The van der Waals surface area contributed by atoms with E-state index in [2.05, 4.69) is 25.4 Å². The lowest BCUT2D eigenvalue weighted by Gasteiger charge is -2.22. The number of nitrogens with zero attached hydrogens (tertiary/aromatic N) is 5. The summed E-state index contributed by atoms with van der Waals surface area (Å²) in [5.74, 6) is -0.234. The Morgan fingerprint density at radius 2 is 1.97 bits per heavy atom. The second-order valence-electron chi connectivity index (χ2n) is 6.38. The lowest BCUT2D eigenvalue weighted by Crippen LogP contribution is -2.21. The first kappa shape index (κ1) is 22.9. The van der Waals surface area contributed by atoms with Gasteiger partial charge in [-0.15, -0.1) is 10.2 Å². The van der Waals surface area contributed by atoms with Crippen molar-refractivity contribution in [3.63, 3.8) is 0 Å². The first-order valence-electron chi connectivity index (χ1n) is 9.26. The molecule has 1 heterocycles. The molecule has 9 nitrogen and oxygen atoms in total. The highest BCUT2D eigenvalue weighted by molar-refractivity contribution is 7.22.